The molecular formula is C11H15ClNO2-. The van der Waals surface area contributed by atoms with Crippen LogP contribution < -0.4 is 18.1 Å². The Kier molecular flexibility index (Phi) is 6.75. The number of rotatable bonds is 4. The van der Waals surface area contributed by atoms with Crippen molar-refractivity contribution in [1.82, 2.24) is 0 Å². The summed E-state index contributed by atoms with van der Waals surface area (Å²) < 4.78 is 4.81. The van der Waals surface area contributed by atoms with Crippen LogP contribution in [0.2, 0.25) is 0 Å². The Labute approximate surface area is 96.0 Å². The molecule has 0 aliphatic carbocycles. The van der Waals surface area contributed by atoms with Gasteiger partial charge in [-0.15, -0.1) is 0 Å². The molecule has 2 N–H and O–H groups in total. The predicted molar refractivity (Wildman–Crippen MR) is 54.8 cm³/mol. The SMILES string of the molecule is CCOC(=O)C(N)Cc1ccccc1.[Cl-]. The van der Waals surface area contributed by atoms with Crippen molar-refractivity contribution in [2.45, 2.75) is 19.4 Å². The minimum absolute atomic E-state index is 0. The van der Waals surface area contributed by atoms with E-state index in [0.717, 1.165) is 5.56 Å². The van der Waals surface area contributed by atoms with Gasteiger partial charge in [0.15, 0.2) is 0 Å². The molecule has 0 fully saturated rings. The second kappa shape index (κ2) is 7.26. The van der Waals surface area contributed by atoms with Crippen LogP contribution in [-0.2, 0) is 16.0 Å². The van der Waals surface area contributed by atoms with Crippen LogP contribution in [0.1, 0.15) is 12.5 Å². The fourth-order valence-corrected chi connectivity index (χ4v) is 1.20. The van der Waals surface area contributed by atoms with Gasteiger partial charge in [0.1, 0.15) is 6.04 Å². The first-order chi connectivity index (χ1) is 6.74. The molecule has 1 aromatic carbocycles. The Balaban J connectivity index is 0.00000196. The maximum absolute atomic E-state index is 11.2. The van der Waals surface area contributed by atoms with E-state index in [0.29, 0.717) is 13.0 Å². The van der Waals surface area contributed by atoms with Gasteiger partial charge in [-0.25, -0.2) is 0 Å². The molecule has 0 amide bonds. The minimum Gasteiger partial charge on any atom is -1.00 e. The number of esters is 1. The highest BCUT2D eigenvalue weighted by Crippen LogP contribution is 2.02. The first-order valence-corrected chi connectivity index (χ1v) is 4.70. The van der Waals surface area contributed by atoms with Gasteiger partial charge in [0, 0.05) is 0 Å². The third kappa shape index (κ3) is 4.81. The maximum Gasteiger partial charge on any atom is 0.323 e. The molecule has 0 radical (unpaired) electrons. The van der Waals surface area contributed by atoms with E-state index in [-0.39, 0.29) is 18.4 Å². The zero-order chi connectivity index (χ0) is 10.4. The Morgan fingerprint density at radius 3 is 2.53 bits per heavy atom. The van der Waals surface area contributed by atoms with Gasteiger partial charge in [0.2, 0.25) is 0 Å². The number of carbonyl (C=O) groups excluding carboxylic acids is 1. The van der Waals surface area contributed by atoms with Crippen molar-refractivity contribution >= 4 is 5.97 Å². The lowest BCUT2D eigenvalue weighted by atomic mass is 10.1. The highest BCUT2D eigenvalue weighted by atomic mass is 35.5. The van der Waals surface area contributed by atoms with Gasteiger partial charge in [-0.3, -0.25) is 4.79 Å². The molecule has 84 valence electrons. The third-order valence-electron chi connectivity index (χ3n) is 1.89. The van der Waals surface area contributed by atoms with Gasteiger partial charge in [0.25, 0.3) is 0 Å². The molecule has 0 aliphatic heterocycles. The Hall–Kier alpha value is -1.06. The fourth-order valence-electron chi connectivity index (χ4n) is 1.20. The van der Waals surface area contributed by atoms with Gasteiger partial charge in [-0.2, -0.15) is 0 Å². The minimum atomic E-state index is -0.558. The van der Waals surface area contributed by atoms with E-state index in [9.17, 15) is 4.79 Å². The van der Waals surface area contributed by atoms with E-state index in [4.69, 9.17) is 10.5 Å². The molecule has 15 heavy (non-hydrogen) atoms. The number of ether oxygens (including phenoxy) is 1. The predicted octanol–water partition coefficient (Wildman–Crippen LogP) is -1.88. The molecule has 1 rings (SSSR count). The van der Waals surface area contributed by atoms with Crippen molar-refractivity contribution in [3.63, 3.8) is 0 Å². The lowest BCUT2D eigenvalue weighted by Crippen LogP contribution is -3.00. The molecule has 0 saturated carbocycles. The van der Waals surface area contributed by atoms with E-state index in [1.807, 2.05) is 30.3 Å². The van der Waals surface area contributed by atoms with Crippen LogP contribution in [0.3, 0.4) is 0 Å². The molecular weight excluding hydrogens is 214 g/mol. The van der Waals surface area contributed by atoms with Gasteiger partial charge in [-0.05, 0) is 18.9 Å². The number of nitrogens with two attached hydrogens (primary N) is 1. The summed E-state index contributed by atoms with van der Waals surface area (Å²) in [6, 6.07) is 9.11. The average Bonchev–Trinajstić information content (AvgIpc) is 2.19. The molecule has 1 unspecified atom stereocenters. The summed E-state index contributed by atoms with van der Waals surface area (Å²) in [5.74, 6) is -0.337. The average molecular weight is 229 g/mol. The van der Waals surface area contributed by atoms with Gasteiger partial charge >= 0.3 is 5.97 Å². The first-order valence-electron chi connectivity index (χ1n) is 4.70. The quantitative estimate of drug-likeness (QED) is 0.614. The molecule has 0 bridgehead atoms. The normalized spacial score (nSPS) is 11.3. The van der Waals surface area contributed by atoms with Crippen molar-refractivity contribution in [1.29, 1.82) is 0 Å². The monoisotopic (exact) mass is 228 g/mol. The first kappa shape index (κ1) is 13.9. The molecule has 3 nitrogen and oxygen atoms in total. The van der Waals surface area contributed by atoms with E-state index < -0.39 is 6.04 Å². The third-order valence-corrected chi connectivity index (χ3v) is 1.89. The second-order valence-corrected chi connectivity index (χ2v) is 3.05. The molecule has 1 atom stereocenters. The van der Waals surface area contributed by atoms with Gasteiger partial charge < -0.3 is 22.9 Å². The van der Waals surface area contributed by atoms with Crippen molar-refractivity contribution < 1.29 is 21.9 Å². The van der Waals surface area contributed by atoms with Gasteiger partial charge in [-0.1, -0.05) is 30.3 Å². The summed E-state index contributed by atoms with van der Waals surface area (Å²) in [6.07, 6.45) is 0.527. The summed E-state index contributed by atoms with van der Waals surface area (Å²) in [6.45, 7) is 2.15. The van der Waals surface area contributed by atoms with Crippen LogP contribution in [0.5, 0.6) is 0 Å². The van der Waals surface area contributed by atoms with Crippen LogP contribution in [0.25, 0.3) is 0 Å². The zero-order valence-electron chi connectivity index (χ0n) is 8.65. The lowest BCUT2D eigenvalue weighted by Gasteiger charge is -2.09. The molecule has 0 aromatic heterocycles. The number of hydrogen-bond donors (Lipinski definition) is 1. The van der Waals surface area contributed by atoms with Crippen LogP contribution in [-0.4, -0.2) is 18.6 Å². The van der Waals surface area contributed by atoms with Crippen LogP contribution >= 0.6 is 0 Å². The Morgan fingerprint density at radius 2 is 2.00 bits per heavy atom. The summed E-state index contributed by atoms with van der Waals surface area (Å²) in [7, 11) is 0. The standard InChI is InChI=1S/C11H15NO2.ClH/c1-2-14-11(13)10(12)8-9-6-4-3-5-7-9;/h3-7,10H,2,8,12H2,1H3;1H/p-1. The second-order valence-electron chi connectivity index (χ2n) is 3.05. The van der Waals surface area contributed by atoms with Gasteiger partial charge in [0.05, 0.1) is 6.61 Å². The van der Waals surface area contributed by atoms with Crippen molar-refractivity contribution in [3.05, 3.63) is 35.9 Å². The Morgan fingerprint density at radius 1 is 1.40 bits per heavy atom. The number of carbonyl (C=O) groups is 1. The van der Waals surface area contributed by atoms with E-state index >= 15 is 0 Å². The molecule has 0 spiro atoms. The molecule has 1 aromatic rings. The molecule has 0 aliphatic rings. The zero-order valence-corrected chi connectivity index (χ0v) is 9.41. The van der Waals surface area contributed by atoms with Crippen LogP contribution in [0.15, 0.2) is 30.3 Å². The fraction of sp³-hybridized carbons (Fsp3) is 0.364. The summed E-state index contributed by atoms with van der Waals surface area (Å²) in [5, 5.41) is 0. The summed E-state index contributed by atoms with van der Waals surface area (Å²) >= 11 is 0. The Bertz CT molecular complexity index is 290. The summed E-state index contributed by atoms with van der Waals surface area (Å²) in [5.41, 5.74) is 6.71. The summed E-state index contributed by atoms with van der Waals surface area (Å²) in [4.78, 5) is 11.2. The van der Waals surface area contributed by atoms with E-state index in [1.54, 1.807) is 6.92 Å². The number of hydrogen-bond acceptors (Lipinski definition) is 3. The van der Waals surface area contributed by atoms with Crippen LogP contribution in [0.4, 0.5) is 0 Å². The number of benzene rings is 1. The van der Waals surface area contributed by atoms with E-state index in [1.165, 1.54) is 0 Å². The highest BCUT2D eigenvalue weighted by Gasteiger charge is 2.14. The number of halogens is 1. The molecule has 4 heteroatoms. The lowest BCUT2D eigenvalue weighted by molar-refractivity contribution is -0.144. The van der Waals surface area contributed by atoms with Crippen molar-refractivity contribution in [2.24, 2.45) is 5.73 Å². The smallest absolute Gasteiger partial charge is 0.323 e. The maximum atomic E-state index is 11.2. The topological polar surface area (TPSA) is 52.3 Å². The van der Waals surface area contributed by atoms with Crippen LogP contribution in [0, 0.1) is 0 Å². The van der Waals surface area contributed by atoms with Crippen molar-refractivity contribution in [3.8, 4) is 0 Å². The van der Waals surface area contributed by atoms with Crippen molar-refractivity contribution in [2.75, 3.05) is 6.61 Å². The highest BCUT2D eigenvalue weighted by molar-refractivity contribution is 5.75. The largest absolute Gasteiger partial charge is 1.00 e. The molecule has 0 heterocycles. The van der Waals surface area contributed by atoms with E-state index in [2.05, 4.69) is 0 Å². The molecule has 0 saturated heterocycles.